The molecule has 1 aromatic rings. The van der Waals surface area contributed by atoms with Gasteiger partial charge >= 0.3 is 0 Å². The molecule has 0 amide bonds. The monoisotopic (exact) mass is 255 g/mol. The second-order valence-electron chi connectivity index (χ2n) is 4.57. The molecule has 0 bridgehead atoms. The number of hydrogen-bond acceptors (Lipinski definition) is 3. The van der Waals surface area contributed by atoms with Crippen molar-refractivity contribution >= 4 is 10.0 Å². The Kier molecular flexibility index (Phi) is 3.25. The van der Waals surface area contributed by atoms with Crippen LogP contribution in [0.2, 0.25) is 0 Å². The Hall–Kier alpha value is -0.910. The summed E-state index contributed by atoms with van der Waals surface area (Å²) in [4.78, 5) is 0. The summed E-state index contributed by atoms with van der Waals surface area (Å²) < 4.78 is 25.1. The average Bonchev–Trinajstić information content (AvgIpc) is 2.64. The van der Waals surface area contributed by atoms with Crippen molar-refractivity contribution in [2.75, 3.05) is 12.3 Å². The van der Waals surface area contributed by atoms with E-state index in [0.29, 0.717) is 12.8 Å². The van der Waals surface area contributed by atoms with E-state index < -0.39 is 15.6 Å². The maximum Gasteiger partial charge on any atom is 0.211 e. The van der Waals surface area contributed by atoms with E-state index in [1.54, 1.807) is 6.92 Å². The van der Waals surface area contributed by atoms with Crippen LogP contribution in [0.4, 0.5) is 0 Å². The predicted octanol–water partition coefficient (Wildman–Crippen LogP) is 0.456. The number of nitrogens with one attached hydrogen (secondary N) is 1. The molecular formula is C12H17NO3S. The minimum absolute atomic E-state index is 0.0377. The van der Waals surface area contributed by atoms with Crippen LogP contribution in [0.15, 0.2) is 24.3 Å². The van der Waals surface area contributed by atoms with Crippen LogP contribution in [-0.4, -0.2) is 31.4 Å². The van der Waals surface area contributed by atoms with Gasteiger partial charge in [-0.2, -0.15) is 0 Å². The minimum atomic E-state index is -3.24. The first-order valence-electron chi connectivity index (χ1n) is 5.71. The predicted molar refractivity (Wildman–Crippen MR) is 66.3 cm³/mol. The molecule has 1 aliphatic carbocycles. The smallest absolute Gasteiger partial charge is 0.211 e. The molecule has 0 heterocycles. The Morgan fingerprint density at radius 1 is 1.29 bits per heavy atom. The first kappa shape index (κ1) is 12.5. The van der Waals surface area contributed by atoms with Crippen LogP contribution in [0.1, 0.15) is 18.1 Å². The van der Waals surface area contributed by atoms with Crippen molar-refractivity contribution in [3.05, 3.63) is 35.4 Å². The van der Waals surface area contributed by atoms with Crippen LogP contribution >= 0.6 is 0 Å². The molecule has 17 heavy (non-hydrogen) atoms. The van der Waals surface area contributed by atoms with Crippen LogP contribution in [0.3, 0.4) is 0 Å². The molecule has 2 rings (SSSR count). The van der Waals surface area contributed by atoms with E-state index >= 15 is 0 Å². The number of hydrogen-bond donors (Lipinski definition) is 2. The molecule has 1 aromatic carbocycles. The van der Waals surface area contributed by atoms with Crippen molar-refractivity contribution in [2.45, 2.75) is 25.4 Å². The molecule has 0 fully saturated rings. The van der Waals surface area contributed by atoms with Crippen molar-refractivity contribution in [2.24, 2.45) is 0 Å². The summed E-state index contributed by atoms with van der Waals surface area (Å²) in [6, 6.07) is 7.81. The van der Waals surface area contributed by atoms with Gasteiger partial charge in [-0.15, -0.1) is 0 Å². The van der Waals surface area contributed by atoms with Crippen molar-refractivity contribution in [3.8, 4) is 0 Å². The fourth-order valence-corrected chi connectivity index (χ4v) is 2.84. The van der Waals surface area contributed by atoms with Gasteiger partial charge in [0.15, 0.2) is 0 Å². The Morgan fingerprint density at radius 2 is 1.82 bits per heavy atom. The molecule has 5 heteroatoms. The van der Waals surface area contributed by atoms with Crippen LogP contribution in [0, 0.1) is 0 Å². The molecule has 0 spiro atoms. The third kappa shape index (κ3) is 2.86. The van der Waals surface area contributed by atoms with Crippen molar-refractivity contribution in [1.82, 2.24) is 4.72 Å². The van der Waals surface area contributed by atoms with Crippen molar-refractivity contribution < 1.29 is 13.5 Å². The highest BCUT2D eigenvalue weighted by Crippen LogP contribution is 2.29. The SMILES string of the molecule is CCS(=O)(=O)NCC1(O)Cc2ccccc2C1. The molecule has 4 nitrogen and oxygen atoms in total. The van der Waals surface area contributed by atoms with Crippen LogP contribution in [0.25, 0.3) is 0 Å². The lowest BCUT2D eigenvalue weighted by Gasteiger charge is -2.22. The van der Waals surface area contributed by atoms with Gasteiger partial charge in [0, 0.05) is 19.4 Å². The average molecular weight is 255 g/mol. The minimum Gasteiger partial charge on any atom is -0.388 e. The van der Waals surface area contributed by atoms with Gasteiger partial charge in [-0.1, -0.05) is 24.3 Å². The largest absolute Gasteiger partial charge is 0.388 e. The second kappa shape index (κ2) is 4.40. The van der Waals surface area contributed by atoms with Crippen LogP contribution < -0.4 is 4.72 Å². The fourth-order valence-electron chi connectivity index (χ4n) is 2.15. The van der Waals surface area contributed by atoms with Gasteiger partial charge in [0.05, 0.1) is 11.4 Å². The number of aliphatic hydroxyl groups is 1. The molecule has 0 aromatic heterocycles. The number of rotatable bonds is 4. The number of fused-ring (bicyclic) bond motifs is 1. The van der Waals surface area contributed by atoms with E-state index in [-0.39, 0.29) is 12.3 Å². The topological polar surface area (TPSA) is 66.4 Å². The molecule has 2 N–H and O–H groups in total. The lowest BCUT2D eigenvalue weighted by Crippen LogP contribution is -2.44. The molecule has 94 valence electrons. The summed E-state index contributed by atoms with van der Waals surface area (Å²) in [5.74, 6) is 0.0377. The first-order valence-corrected chi connectivity index (χ1v) is 7.36. The van der Waals surface area contributed by atoms with E-state index in [4.69, 9.17) is 0 Å². The summed E-state index contributed by atoms with van der Waals surface area (Å²) >= 11 is 0. The molecule has 0 saturated carbocycles. The normalized spacial score (nSPS) is 18.0. The number of benzene rings is 1. The van der Waals surface area contributed by atoms with Gasteiger partial charge in [-0.3, -0.25) is 0 Å². The quantitative estimate of drug-likeness (QED) is 0.821. The van der Waals surface area contributed by atoms with Crippen LogP contribution in [0.5, 0.6) is 0 Å². The molecule has 0 unspecified atom stereocenters. The molecule has 1 aliphatic rings. The van der Waals surface area contributed by atoms with Crippen molar-refractivity contribution in [1.29, 1.82) is 0 Å². The Morgan fingerprint density at radius 3 is 2.29 bits per heavy atom. The van der Waals surface area contributed by atoms with E-state index in [2.05, 4.69) is 4.72 Å². The van der Waals surface area contributed by atoms with Gasteiger partial charge in [-0.25, -0.2) is 13.1 Å². The van der Waals surface area contributed by atoms with Gasteiger partial charge in [0.2, 0.25) is 10.0 Å². The molecule has 0 radical (unpaired) electrons. The van der Waals surface area contributed by atoms with E-state index in [9.17, 15) is 13.5 Å². The standard InChI is InChI=1S/C12H17NO3S/c1-2-17(15,16)13-9-12(14)7-10-5-3-4-6-11(10)8-12/h3-6,13-14H,2,7-9H2,1H3. The maximum absolute atomic E-state index is 11.3. The zero-order chi connectivity index (χ0) is 12.5. The second-order valence-corrected chi connectivity index (χ2v) is 6.67. The lowest BCUT2D eigenvalue weighted by molar-refractivity contribution is 0.0568. The third-order valence-electron chi connectivity index (χ3n) is 3.16. The summed E-state index contributed by atoms with van der Waals surface area (Å²) in [5, 5.41) is 10.3. The van der Waals surface area contributed by atoms with E-state index in [1.165, 1.54) is 0 Å². The third-order valence-corrected chi connectivity index (χ3v) is 4.50. The Bertz CT molecular complexity index is 485. The van der Waals surface area contributed by atoms with Gasteiger partial charge in [0.1, 0.15) is 0 Å². The highest BCUT2D eigenvalue weighted by Gasteiger charge is 2.35. The van der Waals surface area contributed by atoms with E-state index in [0.717, 1.165) is 11.1 Å². The highest BCUT2D eigenvalue weighted by atomic mass is 32.2. The molecule has 0 saturated heterocycles. The summed E-state index contributed by atoms with van der Waals surface area (Å²) in [6.45, 7) is 1.66. The van der Waals surface area contributed by atoms with Gasteiger partial charge in [0.25, 0.3) is 0 Å². The van der Waals surface area contributed by atoms with Gasteiger partial charge < -0.3 is 5.11 Å². The Labute approximate surface area is 102 Å². The van der Waals surface area contributed by atoms with E-state index in [1.807, 2.05) is 24.3 Å². The van der Waals surface area contributed by atoms with Crippen LogP contribution in [-0.2, 0) is 22.9 Å². The van der Waals surface area contributed by atoms with Crippen molar-refractivity contribution in [3.63, 3.8) is 0 Å². The highest BCUT2D eigenvalue weighted by molar-refractivity contribution is 7.89. The Balaban J connectivity index is 2.05. The zero-order valence-electron chi connectivity index (χ0n) is 9.81. The summed E-state index contributed by atoms with van der Waals surface area (Å²) in [6.07, 6.45) is 1.02. The molecular weight excluding hydrogens is 238 g/mol. The fraction of sp³-hybridized carbons (Fsp3) is 0.500. The maximum atomic E-state index is 11.3. The lowest BCUT2D eigenvalue weighted by atomic mass is 10.0. The zero-order valence-corrected chi connectivity index (χ0v) is 10.6. The molecule has 0 aliphatic heterocycles. The first-order chi connectivity index (χ1) is 7.94. The summed E-state index contributed by atoms with van der Waals surface area (Å²) in [5.41, 5.74) is 1.22. The number of sulfonamides is 1. The molecule has 0 atom stereocenters. The summed E-state index contributed by atoms with van der Waals surface area (Å²) in [7, 11) is -3.24. The van der Waals surface area contributed by atoms with Gasteiger partial charge in [-0.05, 0) is 18.1 Å².